The highest BCUT2D eigenvalue weighted by Crippen LogP contribution is 2.27. The number of benzene rings is 1. The van der Waals surface area contributed by atoms with Crippen LogP contribution in [0.1, 0.15) is 31.4 Å². The maximum Gasteiger partial charge on any atom is 0.239 e. The molecule has 8 nitrogen and oxygen atoms in total. The second kappa shape index (κ2) is 9.03. The molecule has 2 fully saturated rings. The molecule has 2 saturated heterocycles. The van der Waals surface area contributed by atoms with E-state index in [2.05, 4.69) is 5.32 Å². The van der Waals surface area contributed by atoms with Crippen molar-refractivity contribution >= 4 is 27.5 Å². The molecule has 2 heterocycles. The van der Waals surface area contributed by atoms with Crippen molar-refractivity contribution in [1.82, 2.24) is 9.62 Å². The minimum absolute atomic E-state index is 0.0191. The highest BCUT2D eigenvalue weighted by atomic mass is 32.2. The molecule has 2 aliphatic heterocycles. The number of rotatable bonds is 6. The third-order valence-corrected chi connectivity index (χ3v) is 7.57. The number of anilines is 1. The number of hydrogen-bond acceptors (Lipinski definition) is 5. The highest BCUT2D eigenvalue weighted by Gasteiger charge is 2.38. The number of amides is 2. The number of morpholine rings is 1. The van der Waals surface area contributed by atoms with Gasteiger partial charge in [-0.1, -0.05) is 6.07 Å². The first kappa shape index (κ1) is 22.7. The Labute approximate surface area is 178 Å². The van der Waals surface area contributed by atoms with E-state index in [4.69, 9.17) is 4.74 Å². The fraction of sp³-hybridized carbons (Fsp3) is 0.619. The summed E-state index contributed by atoms with van der Waals surface area (Å²) in [7, 11) is -3.50. The van der Waals surface area contributed by atoms with E-state index >= 15 is 0 Å². The van der Waals surface area contributed by atoms with Crippen LogP contribution in [-0.4, -0.2) is 68.7 Å². The Balaban J connectivity index is 1.54. The zero-order valence-corrected chi connectivity index (χ0v) is 18.9. The SMILES string of the molecule is Cc1ccc(N2CC[C@@H](C(=O)NCCS(=O)(=O)N3C[C@@H](C)O[C@@H](C)C3)C2=O)cc1C. The Morgan fingerprint density at radius 2 is 1.83 bits per heavy atom. The predicted octanol–water partition coefficient (Wildman–Crippen LogP) is 1.21. The molecule has 9 heteroatoms. The van der Waals surface area contributed by atoms with Crippen molar-refractivity contribution in [3.63, 3.8) is 0 Å². The van der Waals surface area contributed by atoms with Gasteiger partial charge >= 0.3 is 0 Å². The Morgan fingerprint density at radius 1 is 1.17 bits per heavy atom. The molecule has 0 aromatic heterocycles. The molecule has 166 valence electrons. The molecule has 0 saturated carbocycles. The second-order valence-corrected chi connectivity index (χ2v) is 10.4. The van der Waals surface area contributed by atoms with Crippen LogP contribution < -0.4 is 10.2 Å². The van der Waals surface area contributed by atoms with Crippen LogP contribution in [0.4, 0.5) is 5.69 Å². The molecule has 30 heavy (non-hydrogen) atoms. The number of ether oxygens (including phenoxy) is 1. The van der Waals surface area contributed by atoms with Gasteiger partial charge in [0.2, 0.25) is 21.8 Å². The Kier molecular flexibility index (Phi) is 6.84. The fourth-order valence-electron chi connectivity index (χ4n) is 3.99. The third-order valence-electron chi connectivity index (χ3n) is 5.76. The van der Waals surface area contributed by atoms with Gasteiger partial charge in [-0.3, -0.25) is 9.59 Å². The topological polar surface area (TPSA) is 96.0 Å². The van der Waals surface area contributed by atoms with Crippen LogP contribution in [0.5, 0.6) is 0 Å². The summed E-state index contributed by atoms with van der Waals surface area (Å²) in [5.41, 5.74) is 3.02. The number of nitrogens with zero attached hydrogens (tertiary/aromatic N) is 2. The smallest absolute Gasteiger partial charge is 0.239 e. The lowest BCUT2D eigenvalue weighted by molar-refractivity contribution is -0.132. The normalized spacial score (nSPS) is 25.5. The predicted molar refractivity (Wildman–Crippen MR) is 115 cm³/mol. The minimum Gasteiger partial charge on any atom is -0.373 e. The number of sulfonamides is 1. The van der Waals surface area contributed by atoms with E-state index in [1.807, 2.05) is 45.9 Å². The van der Waals surface area contributed by atoms with Gasteiger partial charge in [0.1, 0.15) is 5.92 Å². The molecular weight excluding hydrogens is 406 g/mol. The summed E-state index contributed by atoms with van der Waals surface area (Å²) in [5.74, 6) is -1.63. The van der Waals surface area contributed by atoms with Crippen molar-refractivity contribution in [2.45, 2.75) is 46.3 Å². The summed E-state index contributed by atoms with van der Waals surface area (Å²) in [4.78, 5) is 26.9. The standard InChI is InChI=1S/C21H31N3O5S/c1-14-5-6-18(11-15(14)2)24-9-7-19(21(24)26)20(25)22-8-10-30(27,28)23-12-16(3)29-17(4)13-23/h5-6,11,16-17,19H,7-10,12-13H2,1-4H3,(H,22,25)/t16-,17+,19-/m0/s1. The average Bonchev–Trinajstić information content (AvgIpc) is 3.04. The van der Waals surface area contributed by atoms with Crippen molar-refractivity contribution in [3.05, 3.63) is 29.3 Å². The van der Waals surface area contributed by atoms with Crippen LogP contribution in [0.3, 0.4) is 0 Å². The van der Waals surface area contributed by atoms with Crippen LogP contribution >= 0.6 is 0 Å². The monoisotopic (exact) mass is 437 g/mol. The van der Waals surface area contributed by atoms with Gasteiger partial charge in [0, 0.05) is 31.9 Å². The van der Waals surface area contributed by atoms with Gasteiger partial charge in [0.05, 0.1) is 18.0 Å². The second-order valence-electron chi connectivity index (χ2n) is 8.28. The zero-order valence-electron chi connectivity index (χ0n) is 18.1. The van der Waals surface area contributed by atoms with E-state index in [1.165, 1.54) is 4.31 Å². The van der Waals surface area contributed by atoms with E-state index in [1.54, 1.807) is 4.90 Å². The van der Waals surface area contributed by atoms with Crippen molar-refractivity contribution in [2.75, 3.05) is 36.8 Å². The summed E-state index contributed by atoms with van der Waals surface area (Å²) < 4.78 is 32.2. The molecule has 0 radical (unpaired) electrons. The van der Waals surface area contributed by atoms with Gasteiger partial charge in [-0.25, -0.2) is 8.42 Å². The summed E-state index contributed by atoms with van der Waals surface area (Å²) in [5, 5.41) is 2.64. The van der Waals surface area contributed by atoms with E-state index in [0.29, 0.717) is 26.1 Å². The van der Waals surface area contributed by atoms with E-state index in [-0.39, 0.29) is 30.4 Å². The van der Waals surface area contributed by atoms with Crippen LogP contribution in [0.25, 0.3) is 0 Å². The summed E-state index contributed by atoms with van der Waals surface area (Å²) >= 11 is 0. The molecule has 2 amide bonds. The molecule has 1 aromatic rings. The number of carbonyl (C=O) groups excluding carboxylic acids is 2. The van der Waals surface area contributed by atoms with E-state index in [9.17, 15) is 18.0 Å². The average molecular weight is 438 g/mol. The third kappa shape index (κ3) is 5.01. The summed E-state index contributed by atoms with van der Waals surface area (Å²) in [6, 6.07) is 5.80. The van der Waals surface area contributed by atoms with Crippen LogP contribution in [0.15, 0.2) is 18.2 Å². The molecule has 2 aliphatic rings. The fourth-order valence-corrected chi connectivity index (χ4v) is 5.48. The zero-order chi connectivity index (χ0) is 22.1. The van der Waals surface area contributed by atoms with Crippen LogP contribution in [0, 0.1) is 19.8 Å². The van der Waals surface area contributed by atoms with E-state index in [0.717, 1.165) is 16.8 Å². The number of hydrogen-bond donors (Lipinski definition) is 1. The van der Waals surface area contributed by atoms with Crippen molar-refractivity contribution in [3.8, 4) is 0 Å². The lowest BCUT2D eigenvalue weighted by Gasteiger charge is -2.34. The van der Waals surface area contributed by atoms with Crippen molar-refractivity contribution in [2.24, 2.45) is 5.92 Å². The lowest BCUT2D eigenvalue weighted by Crippen LogP contribution is -2.50. The first-order chi connectivity index (χ1) is 14.1. The minimum atomic E-state index is -3.50. The van der Waals surface area contributed by atoms with Gasteiger partial charge in [-0.05, 0) is 57.4 Å². The Morgan fingerprint density at radius 3 is 2.47 bits per heavy atom. The first-order valence-corrected chi connectivity index (χ1v) is 12.0. The molecule has 0 aliphatic carbocycles. The van der Waals surface area contributed by atoms with Gasteiger partial charge in [-0.15, -0.1) is 0 Å². The van der Waals surface area contributed by atoms with Crippen molar-refractivity contribution in [1.29, 1.82) is 0 Å². The Bertz CT molecular complexity index is 907. The van der Waals surface area contributed by atoms with Crippen LogP contribution in [0.2, 0.25) is 0 Å². The number of carbonyl (C=O) groups is 2. The van der Waals surface area contributed by atoms with Crippen molar-refractivity contribution < 1.29 is 22.7 Å². The molecule has 0 spiro atoms. The maximum absolute atomic E-state index is 12.7. The Hall–Kier alpha value is -1.97. The lowest BCUT2D eigenvalue weighted by atomic mass is 10.1. The largest absolute Gasteiger partial charge is 0.373 e. The number of nitrogens with one attached hydrogen (secondary N) is 1. The van der Waals surface area contributed by atoms with E-state index < -0.39 is 21.8 Å². The quantitative estimate of drug-likeness (QED) is 0.675. The summed E-state index contributed by atoms with van der Waals surface area (Å²) in [6.07, 6.45) is 0.0966. The van der Waals surface area contributed by atoms with Gasteiger partial charge < -0.3 is 15.0 Å². The first-order valence-electron chi connectivity index (χ1n) is 10.4. The molecule has 0 unspecified atom stereocenters. The molecular formula is C21H31N3O5S. The molecule has 3 atom stereocenters. The van der Waals surface area contributed by atoms with Gasteiger partial charge in [-0.2, -0.15) is 4.31 Å². The molecule has 3 rings (SSSR count). The maximum atomic E-state index is 12.7. The molecule has 1 aromatic carbocycles. The number of aryl methyl sites for hydroxylation is 2. The highest BCUT2D eigenvalue weighted by molar-refractivity contribution is 7.89. The van der Waals surface area contributed by atoms with Gasteiger partial charge in [0.25, 0.3) is 0 Å². The van der Waals surface area contributed by atoms with Gasteiger partial charge in [0.15, 0.2) is 0 Å². The van der Waals surface area contributed by atoms with Crippen LogP contribution in [-0.2, 0) is 24.3 Å². The molecule has 1 N–H and O–H groups in total. The summed E-state index contributed by atoms with van der Waals surface area (Å²) in [6.45, 7) is 8.75. The molecule has 0 bridgehead atoms.